The van der Waals surface area contributed by atoms with Crippen LogP contribution in [-0.2, 0) is 4.79 Å². The fourth-order valence-electron chi connectivity index (χ4n) is 2.25. The van der Waals surface area contributed by atoms with Crippen molar-refractivity contribution in [2.45, 2.75) is 44.5 Å². The molecule has 4 nitrogen and oxygen atoms in total. The molecular weight excluding hydrogens is 222 g/mol. The molecule has 5 heteroatoms. The second-order valence-corrected chi connectivity index (χ2v) is 5.62. The summed E-state index contributed by atoms with van der Waals surface area (Å²) in [4.78, 5) is 11.0. The van der Waals surface area contributed by atoms with Crippen LogP contribution in [0.3, 0.4) is 0 Å². The highest BCUT2D eigenvalue weighted by Gasteiger charge is 2.30. The molecule has 0 aromatic rings. The van der Waals surface area contributed by atoms with E-state index in [0.29, 0.717) is 5.92 Å². The predicted molar refractivity (Wildman–Crippen MR) is 67.0 cm³/mol. The van der Waals surface area contributed by atoms with Crippen molar-refractivity contribution in [1.82, 2.24) is 10.3 Å². The average molecular weight is 241 g/mol. The molecule has 1 fully saturated rings. The van der Waals surface area contributed by atoms with Crippen LogP contribution in [-0.4, -0.2) is 28.5 Å². The lowest BCUT2D eigenvalue weighted by Crippen LogP contribution is -2.38. The van der Waals surface area contributed by atoms with Gasteiger partial charge >= 0.3 is 0 Å². The standard InChI is InChI=1S/C11H19N3OS/c1-8(15)12-11-14(2)13-10(16-11)9-6-4-3-5-7-9/h9,11H,3-7H2,1-2H3,(H,12,15). The van der Waals surface area contributed by atoms with E-state index in [1.807, 2.05) is 12.1 Å². The minimum absolute atomic E-state index is 0.00411. The van der Waals surface area contributed by atoms with Gasteiger partial charge in [0.05, 0.1) is 0 Å². The van der Waals surface area contributed by atoms with Gasteiger partial charge in [0.1, 0.15) is 5.04 Å². The number of carbonyl (C=O) groups is 1. The molecule has 2 aliphatic rings. The molecule has 1 saturated carbocycles. The van der Waals surface area contributed by atoms with Crippen molar-refractivity contribution >= 4 is 22.7 Å². The zero-order chi connectivity index (χ0) is 11.5. The van der Waals surface area contributed by atoms with Crippen LogP contribution < -0.4 is 5.32 Å². The van der Waals surface area contributed by atoms with E-state index in [1.54, 1.807) is 18.7 Å². The maximum Gasteiger partial charge on any atom is 0.219 e. The summed E-state index contributed by atoms with van der Waals surface area (Å²) >= 11 is 1.70. The Morgan fingerprint density at radius 1 is 1.44 bits per heavy atom. The summed E-state index contributed by atoms with van der Waals surface area (Å²) < 4.78 is 0. The molecule has 1 N–H and O–H groups in total. The number of hydrogen-bond donors (Lipinski definition) is 1. The van der Waals surface area contributed by atoms with Crippen molar-refractivity contribution in [2.24, 2.45) is 11.0 Å². The lowest BCUT2D eigenvalue weighted by Gasteiger charge is -2.20. The topological polar surface area (TPSA) is 44.7 Å². The molecule has 2 rings (SSSR count). The first-order valence-corrected chi connectivity index (χ1v) is 6.80. The largest absolute Gasteiger partial charge is 0.326 e. The van der Waals surface area contributed by atoms with Crippen LogP contribution in [0, 0.1) is 5.92 Å². The van der Waals surface area contributed by atoms with E-state index in [-0.39, 0.29) is 11.4 Å². The molecule has 1 unspecified atom stereocenters. The van der Waals surface area contributed by atoms with Crippen molar-refractivity contribution in [2.75, 3.05) is 7.05 Å². The first kappa shape index (κ1) is 11.8. The Balaban J connectivity index is 1.92. The zero-order valence-corrected chi connectivity index (χ0v) is 10.7. The molecule has 1 aliphatic carbocycles. The van der Waals surface area contributed by atoms with Gasteiger partial charge in [0.15, 0.2) is 5.50 Å². The molecule has 1 aliphatic heterocycles. The first-order chi connectivity index (χ1) is 7.66. The third-order valence-electron chi connectivity index (χ3n) is 3.11. The molecule has 1 atom stereocenters. The monoisotopic (exact) mass is 241 g/mol. The number of nitrogens with zero attached hydrogens (tertiary/aromatic N) is 2. The normalized spacial score (nSPS) is 26.8. The van der Waals surface area contributed by atoms with Crippen LogP contribution in [0.5, 0.6) is 0 Å². The molecule has 0 bridgehead atoms. The summed E-state index contributed by atoms with van der Waals surface area (Å²) in [5, 5.41) is 10.5. The fourth-order valence-corrected chi connectivity index (χ4v) is 3.50. The van der Waals surface area contributed by atoms with Crippen molar-refractivity contribution in [3.8, 4) is 0 Å². The maximum absolute atomic E-state index is 11.0. The Morgan fingerprint density at radius 3 is 2.75 bits per heavy atom. The van der Waals surface area contributed by atoms with E-state index < -0.39 is 0 Å². The number of nitrogens with one attached hydrogen (secondary N) is 1. The number of hydrogen-bond acceptors (Lipinski definition) is 4. The Labute approximate surface area is 101 Å². The highest BCUT2D eigenvalue weighted by atomic mass is 32.2. The number of amides is 1. The SMILES string of the molecule is CC(=O)NC1SC(C2CCCCC2)=NN1C. The molecule has 0 saturated heterocycles. The lowest BCUT2D eigenvalue weighted by molar-refractivity contribution is -0.119. The number of hydrazone groups is 1. The molecule has 90 valence electrons. The van der Waals surface area contributed by atoms with E-state index in [0.717, 1.165) is 0 Å². The predicted octanol–water partition coefficient (Wildman–Crippen LogP) is 1.98. The molecule has 0 aromatic carbocycles. The summed E-state index contributed by atoms with van der Waals surface area (Å²) in [6.45, 7) is 1.55. The van der Waals surface area contributed by atoms with E-state index in [1.165, 1.54) is 37.1 Å². The summed E-state index contributed by atoms with van der Waals surface area (Å²) in [5.41, 5.74) is -0.00516. The Kier molecular flexibility index (Phi) is 3.74. The van der Waals surface area contributed by atoms with Crippen LogP contribution in [0.1, 0.15) is 39.0 Å². The summed E-state index contributed by atoms with van der Waals surface area (Å²) in [7, 11) is 1.92. The van der Waals surface area contributed by atoms with E-state index >= 15 is 0 Å². The van der Waals surface area contributed by atoms with Crippen molar-refractivity contribution in [3.05, 3.63) is 0 Å². The minimum Gasteiger partial charge on any atom is -0.326 e. The molecule has 0 radical (unpaired) electrons. The number of carbonyl (C=O) groups excluding carboxylic acids is 1. The van der Waals surface area contributed by atoms with Crippen molar-refractivity contribution in [1.29, 1.82) is 0 Å². The Hall–Kier alpha value is -0.710. The summed E-state index contributed by atoms with van der Waals surface area (Å²) in [5.74, 6) is 0.629. The number of rotatable bonds is 2. The zero-order valence-electron chi connectivity index (χ0n) is 9.90. The van der Waals surface area contributed by atoms with Crippen LogP contribution in [0.15, 0.2) is 5.10 Å². The van der Waals surface area contributed by atoms with Crippen LogP contribution in [0.4, 0.5) is 0 Å². The molecular formula is C11H19N3OS. The molecule has 0 spiro atoms. The molecule has 1 amide bonds. The van der Waals surface area contributed by atoms with Gasteiger partial charge in [-0.2, -0.15) is 5.10 Å². The first-order valence-electron chi connectivity index (χ1n) is 5.92. The highest BCUT2D eigenvalue weighted by molar-refractivity contribution is 8.14. The van der Waals surface area contributed by atoms with Gasteiger partial charge in [-0.15, -0.1) is 0 Å². The molecule has 0 aromatic heterocycles. The maximum atomic E-state index is 11.0. The lowest BCUT2D eigenvalue weighted by atomic mass is 9.90. The second-order valence-electron chi connectivity index (χ2n) is 4.52. The van der Waals surface area contributed by atoms with E-state index in [9.17, 15) is 4.79 Å². The average Bonchev–Trinajstić information content (AvgIpc) is 2.61. The summed E-state index contributed by atoms with van der Waals surface area (Å²) in [6.07, 6.45) is 6.51. The van der Waals surface area contributed by atoms with Gasteiger partial charge in [0, 0.05) is 19.9 Å². The van der Waals surface area contributed by atoms with Gasteiger partial charge in [-0.3, -0.25) is 9.80 Å². The Bertz CT molecular complexity index is 300. The molecule has 16 heavy (non-hydrogen) atoms. The van der Waals surface area contributed by atoms with Crippen LogP contribution >= 0.6 is 11.8 Å². The number of thioether (sulfide) groups is 1. The van der Waals surface area contributed by atoms with Gasteiger partial charge < -0.3 is 5.32 Å². The second kappa shape index (κ2) is 5.08. The van der Waals surface area contributed by atoms with Gasteiger partial charge in [-0.05, 0) is 12.8 Å². The van der Waals surface area contributed by atoms with Gasteiger partial charge in [-0.25, -0.2) is 0 Å². The Morgan fingerprint density at radius 2 is 2.12 bits per heavy atom. The third kappa shape index (κ3) is 2.70. The van der Waals surface area contributed by atoms with Gasteiger partial charge in [0.25, 0.3) is 0 Å². The van der Waals surface area contributed by atoms with Crippen molar-refractivity contribution < 1.29 is 4.79 Å². The third-order valence-corrected chi connectivity index (χ3v) is 4.41. The van der Waals surface area contributed by atoms with Crippen LogP contribution in [0.25, 0.3) is 0 Å². The quantitative estimate of drug-likeness (QED) is 0.804. The fraction of sp³-hybridized carbons (Fsp3) is 0.818. The summed E-state index contributed by atoms with van der Waals surface area (Å²) in [6, 6.07) is 0. The minimum atomic E-state index is -0.00516. The van der Waals surface area contributed by atoms with Crippen LogP contribution in [0.2, 0.25) is 0 Å². The highest BCUT2D eigenvalue weighted by Crippen LogP contribution is 2.34. The molecule has 1 heterocycles. The van der Waals surface area contributed by atoms with Gasteiger partial charge in [-0.1, -0.05) is 31.0 Å². The van der Waals surface area contributed by atoms with E-state index in [2.05, 4.69) is 10.4 Å². The van der Waals surface area contributed by atoms with E-state index in [4.69, 9.17) is 0 Å². The van der Waals surface area contributed by atoms with Crippen molar-refractivity contribution in [3.63, 3.8) is 0 Å². The smallest absolute Gasteiger partial charge is 0.219 e. The van der Waals surface area contributed by atoms with Gasteiger partial charge in [0.2, 0.25) is 5.91 Å².